The van der Waals surface area contributed by atoms with Crippen LogP contribution in [0.5, 0.6) is 0 Å². The summed E-state index contributed by atoms with van der Waals surface area (Å²) in [6, 6.07) is -0.722. The zero-order valence-electron chi connectivity index (χ0n) is 13.1. The van der Waals surface area contributed by atoms with Crippen molar-refractivity contribution in [3.8, 4) is 0 Å². The van der Waals surface area contributed by atoms with Crippen molar-refractivity contribution >= 4 is 12.1 Å². The van der Waals surface area contributed by atoms with Crippen LogP contribution in [-0.2, 0) is 9.53 Å². The van der Waals surface area contributed by atoms with Crippen molar-refractivity contribution in [3.05, 3.63) is 12.7 Å². The lowest BCUT2D eigenvalue weighted by molar-refractivity contribution is -0.142. The minimum Gasteiger partial charge on any atom is -0.480 e. The van der Waals surface area contributed by atoms with E-state index < -0.39 is 23.7 Å². The zero-order chi connectivity index (χ0) is 15.8. The average Bonchev–Trinajstić information content (AvgIpc) is 2.92. The number of carbonyl (C=O) groups excluding carboxylic acids is 1. The molecule has 118 valence electrons. The number of likely N-dealkylation sites (tertiary alicyclic amines) is 1. The summed E-state index contributed by atoms with van der Waals surface area (Å²) in [5.41, 5.74) is -0.619. The normalized spacial score (nSPS) is 30.7. The Morgan fingerprint density at radius 2 is 2.10 bits per heavy atom. The molecule has 0 aromatic carbocycles. The highest BCUT2D eigenvalue weighted by Gasteiger charge is 2.67. The molecule has 2 rings (SSSR count). The Hall–Kier alpha value is -1.52. The summed E-state index contributed by atoms with van der Waals surface area (Å²) in [7, 11) is 0. The Labute approximate surface area is 126 Å². The van der Waals surface area contributed by atoms with E-state index in [0.29, 0.717) is 6.42 Å². The van der Waals surface area contributed by atoms with E-state index in [-0.39, 0.29) is 11.5 Å². The number of hydrogen-bond donors (Lipinski definition) is 1. The fraction of sp³-hybridized carbons (Fsp3) is 0.750. The molecule has 0 radical (unpaired) electrons. The molecule has 0 aromatic rings. The van der Waals surface area contributed by atoms with Crippen molar-refractivity contribution in [2.24, 2.45) is 5.41 Å². The van der Waals surface area contributed by atoms with Crippen molar-refractivity contribution in [2.75, 3.05) is 0 Å². The van der Waals surface area contributed by atoms with Crippen LogP contribution in [0.15, 0.2) is 12.7 Å². The molecule has 1 heterocycles. The Morgan fingerprint density at radius 1 is 1.43 bits per heavy atom. The standard InChI is InChI=1S/C16H25NO4/c1-5-6-7-8-16-9-11(13(18)19)17(12(16)10-16)14(20)21-15(2,3)4/h5,11-12H,1,6-10H2,2-4H3,(H,18,19)/t11-,12+,16-/m0/s1. The van der Waals surface area contributed by atoms with Crippen molar-refractivity contribution < 1.29 is 19.4 Å². The zero-order valence-corrected chi connectivity index (χ0v) is 13.1. The molecule has 0 bridgehead atoms. The number of nitrogens with zero attached hydrogens (tertiary/aromatic N) is 1. The molecule has 21 heavy (non-hydrogen) atoms. The van der Waals surface area contributed by atoms with Gasteiger partial charge in [-0.15, -0.1) is 6.58 Å². The van der Waals surface area contributed by atoms with Crippen LogP contribution in [0.4, 0.5) is 4.79 Å². The van der Waals surface area contributed by atoms with Crippen molar-refractivity contribution in [1.29, 1.82) is 0 Å². The molecule has 1 aliphatic carbocycles. The maximum Gasteiger partial charge on any atom is 0.411 e. The molecule has 3 atom stereocenters. The third kappa shape index (κ3) is 3.22. The predicted octanol–water partition coefficient (Wildman–Crippen LogP) is 3.20. The molecule has 1 amide bonds. The van der Waals surface area contributed by atoms with E-state index in [2.05, 4.69) is 6.58 Å². The number of fused-ring (bicyclic) bond motifs is 1. The van der Waals surface area contributed by atoms with Crippen molar-refractivity contribution in [3.63, 3.8) is 0 Å². The lowest BCUT2D eigenvalue weighted by atomic mass is 9.93. The number of carboxylic acids is 1. The van der Waals surface area contributed by atoms with Gasteiger partial charge < -0.3 is 9.84 Å². The highest BCUT2D eigenvalue weighted by molar-refractivity contribution is 5.82. The lowest BCUT2D eigenvalue weighted by Crippen LogP contribution is -2.45. The van der Waals surface area contributed by atoms with E-state index in [1.807, 2.05) is 6.08 Å². The van der Waals surface area contributed by atoms with Gasteiger partial charge in [-0.1, -0.05) is 6.08 Å². The number of amides is 1. The van der Waals surface area contributed by atoms with Gasteiger partial charge >= 0.3 is 12.1 Å². The van der Waals surface area contributed by atoms with Crippen molar-refractivity contribution in [2.45, 2.75) is 70.6 Å². The van der Waals surface area contributed by atoms with Gasteiger partial charge in [-0.25, -0.2) is 9.59 Å². The largest absolute Gasteiger partial charge is 0.480 e. The molecular weight excluding hydrogens is 270 g/mol. The van der Waals surface area contributed by atoms with Crippen LogP contribution < -0.4 is 0 Å². The van der Waals surface area contributed by atoms with E-state index in [1.54, 1.807) is 20.8 Å². The molecular formula is C16H25NO4. The molecule has 2 aliphatic rings. The van der Waals surface area contributed by atoms with Crippen LogP contribution in [0.1, 0.15) is 52.9 Å². The number of aliphatic carboxylic acids is 1. The van der Waals surface area contributed by atoms with E-state index >= 15 is 0 Å². The van der Waals surface area contributed by atoms with Gasteiger partial charge in [-0.05, 0) is 58.3 Å². The molecule has 5 heteroatoms. The van der Waals surface area contributed by atoms with Gasteiger partial charge in [-0.3, -0.25) is 4.90 Å². The summed E-state index contributed by atoms with van der Waals surface area (Å²) < 4.78 is 5.38. The number of carboxylic acid groups (broad SMARTS) is 1. The Bertz CT molecular complexity index is 454. The van der Waals surface area contributed by atoms with Gasteiger partial charge in [0.05, 0.1) is 0 Å². The Balaban J connectivity index is 2.08. The van der Waals surface area contributed by atoms with Gasteiger partial charge in [-0.2, -0.15) is 0 Å². The van der Waals surface area contributed by atoms with Gasteiger partial charge in [0.15, 0.2) is 0 Å². The molecule has 1 saturated carbocycles. The molecule has 1 saturated heterocycles. The quantitative estimate of drug-likeness (QED) is 0.625. The van der Waals surface area contributed by atoms with Crippen LogP contribution in [0, 0.1) is 5.41 Å². The second-order valence-corrected chi connectivity index (χ2v) is 7.21. The SMILES string of the molecule is C=CCCC[C@@]12C[C@@H](C(=O)O)N(C(=O)OC(C)(C)C)[C@@H]1C2. The average molecular weight is 295 g/mol. The van der Waals surface area contributed by atoms with Crippen LogP contribution in [0.3, 0.4) is 0 Å². The van der Waals surface area contributed by atoms with E-state index in [4.69, 9.17) is 4.74 Å². The summed E-state index contributed by atoms with van der Waals surface area (Å²) >= 11 is 0. The number of rotatable bonds is 5. The maximum atomic E-state index is 12.3. The third-order valence-corrected chi connectivity index (χ3v) is 4.39. The second-order valence-electron chi connectivity index (χ2n) is 7.21. The van der Waals surface area contributed by atoms with Gasteiger partial charge in [0.2, 0.25) is 0 Å². The molecule has 0 spiro atoms. The predicted molar refractivity (Wildman–Crippen MR) is 79.0 cm³/mol. The van der Waals surface area contributed by atoms with E-state index in [1.165, 1.54) is 4.90 Å². The fourth-order valence-corrected chi connectivity index (χ4v) is 3.38. The lowest BCUT2D eigenvalue weighted by Gasteiger charge is -2.28. The number of piperidine rings is 1. The summed E-state index contributed by atoms with van der Waals surface area (Å²) in [5.74, 6) is -0.934. The number of ether oxygens (including phenoxy) is 1. The molecule has 2 fully saturated rings. The van der Waals surface area contributed by atoms with E-state index in [9.17, 15) is 14.7 Å². The molecule has 0 aromatic heterocycles. The minimum atomic E-state index is -0.934. The van der Waals surface area contributed by atoms with Gasteiger partial charge in [0, 0.05) is 6.04 Å². The van der Waals surface area contributed by atoms with Gasteiger partial charge in [0.25, 0.3) is 0 Å². The number of unbranched alkanes of at least 4 members (excludes halogenated alkanes) is 1. The summed E-state index contributed by atoms with van der Waals surface area (Å²) in [6.45, 7) is 9.09. The smallest absolute Gasteiger partial charge is 0.411 e. The first-order chi connectivity index (χ1) is 9.70. The van der Waals surface area contributed by atoms with Crippen LogP contribution >= 0.6 is 0 Å². The number of allylic oxidation sites excluding steroid dienone is 1. The van der Waals surface area contributed by atoms with Crippen molar-refractivity contribution in [1.82, 2.24) is 4.90 Å². The first-order valence-electron chi connectivity index (χ1n) is 7.55. The number of carbonyl (C=O) groups is 2. The highest BCUT2D eigenvalue weighted by Crippen LogP contribution is 2.62. The fourth-order valence-electron chi connectivity index (χ4n) is 3.38. The second kappa shape index (κ2) is 5.35. The first kappa shape index (κ1) is 15.9. The topological polar surface area (TPSA) is 66.8 Å². The summed E-state index contributed by atoms with van der Waals surface area (Å²) in [6.07, 6.45) is 5.70. The van der Waals surface area contributed by atoms with Crippen LogP contribution in [-0.4, -0.2) is 39.8 Å². The van der Waals surface area contributed by atoms with Gasteiger partial charge in [0.1, 0.15) is 11.6 Å². The molecule has 1 N–H and O–H groups in total. The summed E-state index contributed by atoms with van der Waals surface area (Å²) in [4.78, 5) is 25.2. The Kier molecular flexibility index (Phi) is 4.04. The molecule has 0 unspecified atom stereocenters. The summed E-state index contributed by atoms with van der Waals surface area (Å²) in [5, 5.41) is 9.39. The highest BCUT2D eigenvalue weighted by atomic mass is 16.6. The molecule has 1 aliphatic heterocycles. The monoisotopic (exact) mass is 295 g/mol. The van der Waals surface area contributed by atoms with Crippen LogP contribution in [0.25, 0.3) is 0 Å². The number of hydrogen-bond acceptors (Lipinski definition) is 3. The first-order valence-corrected chi connectivity index (χ1v) is 7.55. The Morgan fingerprint density at radius 3 is 2.62 bits per heavy atom. The third-order valence-electron chi connectivity index (χ3n) is 4.39. The maximum absolute atomic E-state index is 12.3. The molecule has 5 nitrogen and oxygen atoms in total. The van der Waals surface area contributed by atoms with E-state index in [0.717, 1.165) is 25.7 Å². The minimum absolute atomic E-state index is 0.0109. The van der Waals surface area contributed by atoms with Crippen LogP contribution in [0.2, 0.25) is 0 Å².